The zero-order chi connectivity index (χ0) is 14.5. The smallest absolute Gasteiger partial charge is 0.337 e. The Hall–Kier alpha value is -0.710. The number of esters is 1. The highest BCUT2D eigenvalue weighted by Crippen LogP contribution is 2.47. The molecule has 0 aromatic carbocycles. The average Bonchev–Trinajstić information content (AvgIpc) is 2.46. The molecule has 0 heterocycles. The molecule has 0 aromatic rings. The predicted octanol–water partition coefficient (Wildman–Crippen LogP) is 2.02. The molecule has 1 rings (SSSR count). The van der Waals surface area contributed by atoms with Crippen LogP contribution in [0.5, 0.6) is 0 Å². The van der Waals surface area contributed by atoms with Gasteiger partial charge in [0, 0.05) is 20.1 Å². The standard InChI is InChI=1S/C12H21O6P/c1-16-12(14)10-6-4-9(5-7-10)11(13)8-19(15,17-2)18-3/h9-10H,4-8H2,1-3H3. The zero-order valence-corrected chi connectivity index (χ0v) is 12.5. The largest absolute Gasteiger partial charge is 0.469 e. The molecule has 0 aromatic heterocycles. The summed E-state index contributed by atoms with van der Waals surface area (Å²) in [5.41, 5.74) is 0. The molecule has 0 spiro atoms. The van der Waals surface area contributed by atoms with Gasteiger partial charge < -0.3 is 13.8 Å². The SMILES string of the molecule is COC(=O)C1CCC(C(=O)CP(=O)(OC)OC)CC1. The highest BCUT2D eigenvalue weighted by molar-refractivity contribution is 7.54. The molecule has 0 radical (unpaired) electrons. The predicted molar refractivity (Wildman–Crippen MR) is 69.0 cm³/mol. The molecule has 0 bridgehead atoms. The van der Waals surface area contributed by atoms with Crippen LogP contribution in [0.25, 0.3) is 0 Å². The summed E-state index contributed by atoms with van der Waals surface area (Å²) in [6, 6.07) is 0. The second kappa shape index (κ2) is 7.17. The Morgan fingerprint density at radius 1 is 1.00 bits per heavy atom. The first-order valence-electron chi connectivity index (χ1n) is 6.26. The van der Waals surface area contributed by atoms with Gasteiger partial charge in [0.1, 0.15) is 11.9 Å². The highest BCUT2D eigenvalue weighted by atomic mass is 31.2. The van der Waals surface area contributed by atoms with Crippen molar-refractivity contribution in [2.75, 3.05) is 27.5 Å². The number of ether oxygens (including phenoxy) is 1. The maximum atomic E-state index is 12.0. The van der Waals surface area contributed by atoms with Crippen LogP contribution in [0, 0.1) is 11.8 Å². The van der Waals surface area contributed by atoms with Crippen LogP contribution >= 0.6 is 7.60 Å². The number of ketones is 1. The lowest BCUT2D eigenvalue weighted by Crippen LogP contribution is -2.28. The minimum atomic E-state index is -3.29. The second-order valence-corrected chi connectivity index (χ2v) is 6.94. The second-order valence-electron chi connectivity index (χ2n) is 4.67. The lowest BCUT2D eigenvalue weighted by atomic mass is 9.80. The zero-order valence-electron chi connectivity index (χ0n) is 11.6. The summed E-state index contributed by atoms with van der Waals surface area (Å²) in [5, 5.41) is 0. The normalized spacial score (nSPS) is 23.9. The molecule has 19 heavy (non-hydrogen) atoms. The van der Waals surface area contributed by atoms with Crippen LogP contribution in [0.15, 0.2) is 0 Å². The van der Waals surface area contributed by atoms with E-state index in [1.54, 1.807) is 0 Å². The van der Waals surface area contributed by atoms with Crippen LogP contribution < -0.4 is 0 Å². The summed E-state index contributed by atoms with van der Waals surface area (Å²) in [6.45, 7) is 0. The van der Waals surface area contributed by atoms with Crippen LogP contribution in [0.4, 0.5) is 0 Å². The van der Waals surface area contributed by atoms with E-state index in [4.69, 9.17) is 13.8 Å². The van der Waals surface area contributed by atoms with Gasteiger partial charge in [0.05, 0.1) is 13.0 Å². The molecule has 0 unspecified atom stereocenters. The van der Waals surface area contributed by atoms with Gasteiger partial charge in [-0.15, -0.1) is 0 Å². The van der Waals surface area contributed by atoms with Gasteiger partial charge in [-0.1, -0.05) is 0 Å². The fourth-order valence-corrected chi connectivity index (χ4v) is 3.39. The van der Waals surface area contributed by atoms with Crippen LogP contribution in [0.3, 0.4) is 0 Å². The molecule has 0 N–H and O–H groups in total. The van der Waals surface area contributed by atoms with Crippen LogP contribution in [-0.2, 0) is 27.9 Å². The van der Waals surface area contributed by atoms with E-state index in [0.717, 1.165) is 0 Å². The van der Waals surface area contributed by atoms with Gasteiger partial charge in [-0.05, 0) is 25.7 Å². The molecular formula is C12H21O6P. The van der Waals surface area contributed by atoms with Crippen molar-refractivity contribution in [3.8, 4) is 0 Å². The maximum absolute atomic E-state index is 12.0. The molecule has 0 aliphatic heterocycles. The van der Waals surface area contributed by atoms with Crippen molar-refractivity contribution in [3.05, 3.63) is 0 Å². The quantitative estimate of drug-likeness (QED) is 0.550. The van der Waals surface area contributed by atoms with Gasteiger partial charge in [0.15, 0.2) is 0 Å². The lowest BCUT2D eigenvalue weighted by molar-refractivity contribution is -0.147. The van der Waals surface area contributed by atoms with E-state index in [9.17, 15) is 14.2 Å². The van der Waals surface area contributed by atoms with Crippen molar-refractivity contribution in [2.45, 2.75) is 25.7 Å². The summed E-state index contributed by atoms with van der Waals surface area (Å²) < 4.78 is 26.1. The monoisotopic (exact) mass is 292 g/mol. The topological polar surface area (TPSA) is 78.9 Å². The number of carbonyl (C=O) groups excluding carboxylic acids is 2. The van der Waals surface area contributed by atoms with E-state index in [0.29, 0.717) is 25.7 Å². The van der Waals surface area contributed by atoms with Crippen molar-refractivity contribution in [3.63, 3.8) is 0 Å². The molecule has 1 fully saturated rings. The summed E-state index contributed by atoms with van der Waals surface area (Å²) in [4.78, 5) is 23.4. The number of hydrogen-bond acceptors (Lipinski definition) is 6. The Kier molecular flexibility index (Phi) is 6.17. The van der Waals surface area contributed by atoms with Gasteiger partial charge in [-0.25, -0.2) is 0 Å². The Bertz CT molecular complexity index is 364. The summed E-state index contributed by atoms with van der Waals surface area (Å²) in [7, 11) is 0.622. The fraction of sp³-hybridized carbons (Fsp3) is 0.833. The molecule has 0 atom stereocenters. The van der Waals surface area contributed by atoms with Crippen LogP contribution in [-0.4, -0.2) is 39.2 Å². The Labute approximate surface area is 113 Å². The number of carbonyl (C=O) groups is 2. The molecule has 1 saturated carbocycles. The van der Waals surface area contributed by atoms with E-state index in [1.165, 1.54) is 21.3 Å². The highest BCUT2D eigenvalue weighted by Gasteiger charge is 2.34. The molecular weight excluding hydrogens is 271 g/mol. The van der Waals surface area contributed by atoms with Gasteiger partial charge >= 0.3 is 13.6 Å². The maximum Gasteiger partial charge on any atom is 0.337 e. The van der Waals surface area contributed by atoms with Crippen molar-refractivity contribution < 1.29 is 27.9 Å². The van der Waals surface area contributed by atoms with Gasteiger partial charge in [0.25, 0.3) is 0 Å². The number of methoxy groups -OCH3 is 1. The van der Waals surface area contributed by atoms with Crippen molar-refractivity contribution in [2.24, 2.45) is 11.8 Å². The van der Waals surface area contributed by atoms with Crippen molar-refractivity contribution in [1.82, 2.24) is 0 Å². The minimum absolute atomic E-state index is 0.115. The van der Waals surface area contributed by atoms with E-state index in [1.807, 2.05) is 0 Å². The van der Waals surface area contributed by atoms with Crippen molar-refractivity contribution >= 4 is 19.3 Å². The third-order valence-electron chi connectivity index (χ3n) is 3.62. The number of Topliss-reactive ketones (excluding diaryl/α,β-unsaturated/α-hetero) is 1. The summed E-state index contributed by atoms with van der Waals surface area (Å²) >= 11 is 0. The van der Waals surface area contributed by atoms with Crippen LogP contribution in [0.1, 0.15) is 25.7 Å². The first-order chi connectivity index (χ1) is 8.95. The molecule has 6 nitrogen and oxygen atoms in total. The molecule has 110 valence electrons. The third kappa shape index (κ3) is 4.41. The molecule has 1 aliphatic carbocycles. The van der Waals surface area contributed by atoms with Gasteiger partial charge in [-0.2, -0.15) is 0 Å². The lowest BCUT2D eigenvalue weighted by Gasteiger charge is -2.26. The van der Waals surface area contributed by atoms with E-state index < -0.39 is 7.60 Å². The molecule has 1 aliphatic rings. The van der Waals surface area contributed by atoms with E-state index >= 15 is 0 Å². The van der Waals surface area contributed by atoms with Crippen LogP contribution in [0.2, 0.25) is 0 Å². The fourth-order valence-electron chi connectivity index (χ4n) is 2.34. The molecule has 7 heteroatoms. The third-order valence-corrected chi connectivity index (χ3v) is 5.43. The Balaban J connectivity index is 2.49. The summed E-state index contributed by atoms with van der Waals surface area (Å²) in [6.07, 6.45) is 2.30. The number of hydrogen-bond donors (Lipinski definition) is 0. The Morgan fingerprint density at radius 2 is 1.47 bits per heavy atom. The Morgan fingerprint density at radius 3 is 1.89 bits per heavy atom. The molecule has 0 saturated heterocycles. The number of rotatable bonds is 6. The van der Waals surface area contributed by atoms with Gasteiger partial charge in [0.2, 0.25) is 0 Å². The molecule has 0 amide bonds. The van der Waals surface area contributed by atoms with E-state index in [2.05, 4.69) is 0 Å². The minimum Gasteiger partial charge on any atom is -0.469 e. The van der Waals surface area contributed by atoms with Crippen molar-refractivity contribution in [1.29, 1.82) is 0 Å². The first-order valence-corrected chi connectivity index (χ1v) is 7.99. The average molecular weight is 292 g/mol. The van der Waals surface area contributed by atoms with E-state index in [-0.39, 0.29) is 29.8 Å². The first kappa shape index (κ1) is 16.3. The van der Waals surface area contributed by atoms with Gasteiger partial charge in [-0.3, -0.25) is 14.2 Å². The summed E-state index contributed by atoms with van der Waals surface area (Å²) in [5.74, 6) is -0.620.